The number of ether oxygens (including phenoxy) is 2. The number of halogens is 2. The van der Waals surface area contributed by atoms with Crippen LogP contribution in [0.25, 0.3) is 0 Å². The van der Waals surface area contributed by atoms with E-state index in [-0.39, 0.29) is 12.6 Å². The molecule has 0 bridgehead atoms. The molecule has 102 valence electrons. The highest BCUT2D eigenvalue weighted by Gasteiger charge is 2.17. The van der Waals surface area contributed by atoms with E-state index in [9.17, 15) is 4.39 Å². The van der Waals surface area contributed by atoms with Gasteiger partial charge in [0.1, 0.15) is 5.82 Å². The van der Waals surface area contributed by atoms with Crippen LogP contribution in [-0.2, 0) is 0 Å². The highest BCUT2D eigenvalue weighted by Crippen LogP contribution is 2.39. The molecule has 0 aliphatic carbocycles. The van der Waals surface area contributed by atoms with Crippen LogP contribution in [0.4, 0.5) is 10.1 Å². The minimum atomic E-state index is -0.290. The monoisotopic (exact) mass is 292 g/mol. The van der Waals surface area contributed by atoms with Crippen LogP contribution in [0.2, 0.25) is 5.02 Å². The first kappa shape index (κ1) is 12.7. The number of nitrogens with zero attached hydrogens (tertiary/aromatic N) is 1. The van der Waals surface area contributed by atoms with Gasteiger partial charge in [0.15, 0.2) is 11.5 Å². The summed E-state index contributed by atoms with van der Waals surface area (Å²) in [6, 6.07) is 9.41. The summed E-state index contributed by atoms with van der Waals surface area (Å²) < 4.78 is 23.2. The highest BCUT2D eigenvalue weighted by atomic mass is 35.5. The quantitative estimate of drug-likeness (QED) is 0.693. The van der Waals surface area contributed by atoms with Gasteiger partial charge in [-0.3, -0.25) is 5.43 Å². The SMILES string of the molecule is Fc1ccc(N/N=C\c2cc(Cl)c3c(c2)OCO3)cc1. The predicted octanol–water partition coefficient (Wildman–Crippen LogP) is 3.65. The summed E-state index contributed by atoms with van der Waals surface area (Å²) >= 11 is 6.06. The Morgan fingerprint density at radius 3 is 2.80 bits per heavy atom. The number of benzene rings is 2. The molecule has 6 heteroatoms. The number of anilines is 1. The molecule has 0 unspecified atom stereocenters. The Balaban J connectivity index is 1.73. The molecule has 0 saturated carbocycles. The van der Waals surface area contributed by atoms with Crippen molar-refractivity contribution in [2.24, 2.45) is 5.10 Å². The second-order valence-electron chi connectivity index (χ2n) is 4.11. The number of hydrazone groups is 1. The summed E-state index contributed by atoms with van der Waals surface area (Å²) in [7, 11) is 0. The standard InChI is InChI=1S/C14H10ClFN2O2/c15-12-5-9(6-13-14(12)20-8-19-13)7-17-18-11-3-1-10(16)2-4-11/h1-7,18H,8H2/b17-7-. The Hall–Kier alpha value is -2.27. The second-order valence-corrected chi connectivity index (χ2v) is 4.52. The zero-order valence-corrected chi connectivity index (χ0v) is 11.0. The van der Waals surface area contributed by atoms with E-state index >= 15 is 0 Å². The van der Waals surface area contributed by atoms with Gasteiger partial charge in [-0.15, -0.1) is 0 Å². The van der Waals surface area contributed by atoms with Crippen molar-refractivity contribution in [3.63, 3.8) is 0 Å². The van der Waals surface area contributed by atoms with Crippen LogP contribution < -0.4 is 14.9 Å². The molecule has 0 radical (unpaired) electrons. The van der Waals surface area contributed by atoms with Crippen molar-refractivity contribution in [2.45, 2.75) is 0 Å². The molecule has 4 nitrogen and oxygen atoms in total. The average Bonchev–Trinajstić information content (AvgIpc) is 2.90. The maximum absolute atomic E-state index is 12.7. The summed E-state index contributed by atoms with van der Waals surface area (Å²) in [6.45, 7) is 0.170. The van der Waals surface area contributed by atoms with Crippen LogP contribution >= 0.6 is 11.6 Å². The first-order valence-corrected chi connectivity index (χ1v) is 6.24. The van der Waals surface area contributed by atoms with Gasteiger partial charge in [0.2, 0.25) is 6.79 Å². The molecule has 0 amide bonds. The van der Waals surface area contributed by atoms with Gasteiger partial charge in [-0.1, -0.05) is 11.6 Å². The zero-order chi connectivity index (χ0) is 13.9. The van der Waals surface area contributed by atoms with Crippen molar-refractivity contribution in [2.75, 3.05) is 12.2 Å². The van der Waals surface area contributed by atoms with Crippen molar-refractivity contribution in [3.8, 4) is 11.5 Å². The van der Waals surface area contributed by atoms with Gasteiger partial charge in [0.05, 0.1) is 16.9 Å². The van der Waals surface area contributed by atoms with Crippen molar-refractivity contribution in [1.29, 1.82) is 0 Å². The first-order chi connectivity index (χ1) is 9.72. The van der Waals surface area contributed by atoms with Crippen LogP contribution in [0.3, 0.4) is 0 Å². The molecular formula is C14H10ClFN2O2. The molecule has 3 rings (SSSR count). The van der Waals surface area contributed by atoms with E-state index in [2.05, 4.69) is 10.5 Å². The maximum Gasteiger partial charge on any atom is 0.231 e. The van der Waals surface area contributed by atoms with Crippen LogP contribution in [0.15, 0.2) is 41.5 Å². The largest absolute Gasteiger partial charge is 0.454 e. The van der Waals surface area contributed by atoms with Gasteiger partial charge < -0.3 is 9.47 Å². The maximum atomic E-state index is 12.7. The molecule has 1 heterocycles. The molecule has 1 aliphatic rings. The van der Waals surface area contributed by atoms with E-state index in [4.69, 9.17) is 21.1 Å². The van der Waals surface area contributed by atoms with E-state index in [1.807, 2.05) is 0 Å². The zero-order valence-electron chi connectivity index (χ0n) is 10.3. The molecule has 2 aromatic carbocycles. The predicted molar refractivity (Wildman–Crippen MR) is 75.2 cm³/mol. The molecule has 0 fully saturated rings. The summed E-state index contributed by atoms with van der Waals surface area (Å²) in [5.74, 6) is 0.859. The molecule has 1 aliphatic heterocycles. The van der Waals surface area contributed by atoms with E-state index in [1.165, 1.54) is 12.1 Å². The van der Waals surface area contributed by atoms with Gasteiger partial charge in [-0.05, 0) is 42.0 Å². The van der Waals surface area contributed by atoms with Gasteiger partial charge in [-0.2, -0.15) is 5.10 Å². The van der Waals surface area contributed by atoms with Crippen LogP contribution in [0, 0.1) is 5.82 Å². The Bertz CT molecular complexity index is 659. The van der Waals surface area contributed by atoms with Crippen LogP contribution in [-0.4, -0.2) is 13.0 Å². The summed E-state index contributed by atoms with van der Waals surface area (Å²) in [6.07, 6.45) is 1.59. The van der Waals surface area contributed by atoms with Gasteiger partial charge in [0, 0.05) is 0 Å². The molecule has 0 atom stereocenters. The third-order valence-corrected chi connectivity index (χ3v) is 2.98. The Labute approximate surface area is 119 Å². The van der Waals surface area contributed by atoms with Crippen molar-refractivity contribution < 1.29 is 13.9 Å². The number of rotatable bonds is 3. The number of fused-ring (bicyclic) bond motifs is 1. The molecule has 0 spiro atoms. The molecule has 2 aromatic rings. The lowest BCUT2D eigenvalue weighted by molar-refractivity contribution is 0.174. The summed E-state index contributed by atoms with van der Waals surface area (Å²) in [5.41, 5.74) is 4.26. The molecule has 0 aromatic heterocycles. The van der Waals surface area contributed by atoms with E-state index in [0.29, 0.717) is 22.2 Å². The fraction of sp³-hybridized carbons (Fsp3) is 0.0714. The normalized spacial score (nSPS) is 12.9. The van der Waals surface area contributed by atoms with Gasteiger partial charge in [0.25, 0.3) is 0 Å². The van der Waals surface area contributed by atoms with Gasteiger partial charge >= 0.3 is 0 Å². The van der Waals surface area contributed by atoms with Gasteiger partial charge in [-0.25, -0.2) is 4.39 Å². The minimum Gasteiger partial charge on any atom is -0.454 e. The Kier molecular flexibility index (Phi) is 3.43. The lowest BCUT2D eigenvalue weighted by Crippen LogP contribution is -1.93. The molecular weight excluding hydrogens is 283 g/mol. The van der Waals surface area contributed by atoms with E-state index in [0.717, 1.165) is 5.56 Å². The van der Waals surface area contributed by atoms with Crippen molar-refractivity contribution in [3.05, 3.63) is 52.8 Å². The Morgan fingerprint density at radius 1 is 1.20 bits per heavy atom. The molecule has 20 heavy (non-hydrogen) atoms. The summed E-state index contributed by atoms with van der Waals surface area (Å²) in [5, 5.41) is 4.53. The fourth-order valence-electron chi connectivity index (χ4n) is 1.77. The van der Waals surface area contributed by atoms with Crippen molar-refractivity contribution >= 4 is 23.5 Å². The lowest BCUT2D eigenvalue weighted by Gasteiger charge is -2.02. The van der Waals surface area contributed by atoms with Crippen LogP contribution in [0.5, 0.6) is 11.5 Å². The first-order valence-electron chi connectivity index (χ1n) is 5.86. The minimum absolute atomic E-state index is 0.170. The van der Waals surface area contributed by atoms with Crippen molar-refractivity contribution in [1.82, 2.24) is 0 Å². The second kappa shape index (κ2) is 5.38. The van der Waals surface area contributed by atoms with Crippen LogP contribution in [0.1, 0.15) is 5.56 Å². The number of hydrogen-bond acceptors (Lipinski definition) is 4. The third-order valence-electron chi connectivity index (χ3n) is 2.70. The van der Waals surface area contributed by atoms with E-state index in [1.54, 1.807) is 30.5 Å². The smallest absolute Gasteiger partial charge is 0.231 e. The highest BCUT2D eigenvalue weighted by molar-refractivity contribution is 6.32. The summed E-state index contributed by atoms with van der Waals surface area (Å²) in [4.78, 5) is 0. The Morgan fingerprint density at radius 2 is 2.00 bits per heavy atom. The van der Waals surface area contributed by atoms with E-state index < -0.39 is 0 Å². The number of nitrogens with one attached hydrogen (secondary N) is 1. The number of hydrogen-bond donors (Lipinski definition) is 1. The fourth-order valence-corrected chi connectivity index (χ4v) is 2.04. The lowest BCUT2D eigenvalue weighted by atomic mass is 10.2. The molecule has 1 N–H and O–H groups in total. The third kappa shape index (κ3) is 2.67. The average molecular weight is 293 g/mol. The molecule has 0 saturated heterocycles. The topological polar surface area (TPSA) is 42.9 Å².